The average molecular weight is 455 g/mol. The summed E-state index contributed by atoms with van der Waals surface area (Å²) in [6.45, 7) is 0. The van der Waals surface area contributed by atoms with Crippen molar-refractivity contribution in [2.24, 2.45) is 4.99 Å². The van der Waals surface area contributed by atoms with E-state index in [2.05, 4.69) is 20.9 Å². The van der Waals surface area contributed by atoms with Crippen molar-refractivity contribution in [2.75, 3.05) is 4.90 Å². The summed E-state index contributed by atoms with van der Waals surface area (Å²) in [5.41, 5.74) is 4.06. The van der Waals surface area contributed by atoms with E-state index in [1.807, 2.05) is 115 Å². The van der Waals surface area contributed by atoms with Gasteiger partial charge in [0.2, 0.25) is 0 Å². The smallest absolute Gasteiger partial charge is 0.262 e. The summed E-state index contributed by atoms with van der Waals surface area (Å²) < 4.78 is 1.03. The fraction of sp³-hybridized carbons (Fsp3) is 0. The molecule has 0 aliphatic carbocycles. The van der Waals surface area contributed by atoms with Crippen LogP contribution in [0.15, 0.2) is 119 Å². The quantitative estimate of drug-likeness (QED) is 0.294. The molecule has 30 heavy (non-hydrogen) atoms. The molecule has 3 nitrogen and oxygen atoms in total. The predicted molar refractivity (Wildman–Crippen MR) is 127 cm³/mol. The highest BCUT2D eigenvalue weighted by molar-refractivity contribution is 9.10. The minimum atomic E-state index is -0.0872. The van der Waals surface area contributed by atoms with Crippen LogP contribution in [0.25, 0.3) is 0 Å². The fourth-order valence-corrected chi connectivity index (χ4v) is 3.32. The van der Waals surface area contributed by atoms with Gasteiger partial charge < -0.3 is 0 Å². The van der Waals surface area contributed by atoms with Crippen molar-refractivity contribution in [3.63, 3.8) is 0 Å². The van der Waals surface area contributed by atoms with Crippen LogP contribution in [0.1, 0.15) is 15.9 Å². The van der Waals surface area contributed by atoms with Gasteiger partial charge in [-0.1, -0.05) is 64.5 Å². The monoisotopic (exact) mass is 454 g/mol. The summed E-state index contributed by atoms with van der Waals surface area (Å²) >= 11 is 3.43. The molecule has 0 bridgehead atoms. The molecule has 1 amide bonds. The highest BCUT2D eigenvalue weighted by atomic mass is 79.9. The molecule has 0 aromatic heterocycles. The van der Waals surface area contributed by atoms with Crippen LogP contribution in [-0.2, 0) is 0 Å². The van der Waals surface area contributed by atoms with Gasteiger partial charge in [-0.25, -0.2) is 0 Å². The maximum Gasteiger partial charge on any atom is 0.262 e. The highest BCUT2D eigenvalue weighted by Crippen LogP contribution is 2.27. The van der Waals surface area contributed by atoms with E-state index in [0.29, 0.717) is 5.56 Å². The molecule has 4 aromatic rings. The third kappa shape index (κ3) is 4.73. The number of para-hydroxylation sites is 2. The first-order valence-electron chi connectivity index (χ1n) is 9.55. The van der Waals surface area contributed by atoms with Crippen molar-refractivity contribution in [2.45, 2.75) is 0 Å². The molecule has 0 N–H and O–H groups in total. The second-order valence-electron chi connectivity index (χ2n) is 6.67. The SMILES string of the molecule is O=C(c1ccc(N=Cc2ccc(Br)cc2)cc1)N(c1ccccc1)c1ccccc1. The van der Waals surface area contributed by atoms with Gasteiger partial charge >= 0.3 is 0 Å². The molecule has 4 rings (SSSR count). The number of aliphatic imine (C=N–C) groups is 1. The molecule has 0 saturated carbocycles. The van der Waals surface area contributed by atoms with Crippen LogP contribution in [0.5, 0.6) is 0 Å². The molecule has 0 fully saturated rings. The minimum absolute atomic E-state index is 0.0872. The van der Waals surface area contributed by atoms with Crippen LogP contribution in [0.2, 0.25) is 0 Å². The third-order valence-electron chi connectivity index (χ3n) is 4.58. The van der Waals surface area contributed by atoms with Gasteiger partial charge in [-0.05, 0) is 66.2 Å². The number of rotatable bonds is 5. The fourth-order valence-electron chi connectivity index (χ4n) is 3.05. The molecule has 0 atom stereocenters. The lowest BCUT2D eigenvalue weighted by Crippen LogP contribution is -2.25. The van der Waals surface area contributed by atoms with Crippen molar-refractivity contribution in [1.29, 1.82) is 0 Å². The van der Waals surface area contributed by atoms with Crippen molar-refractivity contribution in [3.05, 3.63) is 125 Å². The number of halogens is 1. The molecule has 4 heteroatoms. The van der Waals surface area contributed by atoms with Crippen LogP contribution >= 0.6 is 15.9 Å². The van der Waals surface area contributed by atoms with Gasteiger partial charge in [0.1, 0.15) is 0 Å². The van der Waals surface area contributed by atoms with Crippen LogP contribution in [0.3, 0.4) is 0 Å². The Labute approximate surface area is 184 Å². The van der Waals surface area contributed by atoms with E-state index in [-0.39, 0.29) is 5.91 Å². The van der Waals surface area contributed by atoms with Crippen molar-refractivity contribution in [1.82, 2.24) is 0 Å². The number of benzene rings is 4. The summed E-state index contributed by atoms with van der Waals surface area (Å²) in [5.74, 6) is -0.0872. The molecule has 0 aliphatic rings. The van der Waals surface area contributed by atoms with Crippen LogP contribution in [0, 0.1) is 0 Å². The van der Waals surface area contributed by atoms with Gasteiger partial charge in [0.15, 0.2) is 0 Å². The largest absolute Gasteiger partial charge is 0.277 e. The Kier molecular flexibility index (Phi) is 6.16. The highest BCUT2D eigenvalue weighted by Gasteiger charge is 2.19. The molecule has 0 spiro atoms. The van der Waals surface area contributed by atoms with Gasteiger partial charge in [0.05, 0.1) is 5.69 Å². The lowest BCUT2D eigenvalue weighted by molar-refractivity contribution is 0.0999. The molecule has 0 aliphatic heterocycles. The van der Waals surface area contributed by atoms with Crippen LogP contribution < -0.4 is 4.90 Å². The Morgan fingerprint density at radius 1 is 0.700 bits per heavy atom. The number of amides is 1. The standard InChI is InChI=1S/C26H19BrN2O/c27-22-15-11-20(12-16-22)19-28-23-17-13-21(14-18-23)26(30)29(24-7-3-1-4-8-24)25-9-5-2-6-10-25/h1-19H. The van der Waals surface area contributed by atoms with Crippen molar-refractivity contribution >= 4 is 45.1 Å². The summed E-state index contributed by atoms with van der Waals surface area (Å²) in [4.78, 5) is 19.6. The maximum absolute atomic E-state index is 13.4. The number of carbonyl (C=O) groups excluding carboxylic acids is 1. The molecular weight excluding hydrogens is 436 g/mol. The van der Waals surface area contributed by atoms with Crippen LogP contribution in [0.4, 0.5) is 17.1 Å². The third-order valence-corrected chi connectivity index (χ3v) is 5.11. The number of hydrogen-bond donors (Lipinski definition) is 0. The van der Waals surface area contributed by atoms with Gasteiger partial charge in [0, 0.05) is 27.6 Å². The van der Waals surface area contributed by atoms with E-state index in [0.717, 1.165) is 27.1 Å². The Hall–Kier alpha value is -3.50. The van der Waals surface area contributed by atoms with E-state index in [4.69, 9.17) is 0 Å². The predicted octanol–water partition coefficient (Wildman–Crippen LogP) is 7.18. The first kappa shape index (κ1) is 19.8. The Morgan fingerprint density at radius 2 is 1.23 bits per heavy atom. The maximum atomic E-state index is 13.4. The lowest BCUT2D eigenvalue weighted by atomic mass is 10.1. The second-order valence-corrected chi connectivity index (χ2v) is 7.58. The number of carbonyl (C=O) groups is 1. The molecule has 0 saturated heterocycles. The molecule has 0 unspecified atom stereocenters. The van der Waals surface area contributed by atoms with E-state index in [1.165, 1.54) is 0 Å². The normalized spacial score (nSPS) is 10.8. The van der Waals surface area contributed by atoms with E-state index in [1.54, 1.807) is 4.90 Å². The number of anilines is 2. The van der Waals surface area contributed by atoms with Crippen molar-refractivity contribution in [3.8, 4) is 0 Å². The summed E-state index contributed by atoms with van der Waals surface area (Å²) in [6.07, 6.45) is 1.81. The molecule has 146 valence electrons. The molecular formula is C26H19BrN2O. The van der Waals surface area contributed by atoms with Gasteiger partial charge in [-0.15, -0.1) is 0 Å². The topological polar surface area (TPSA) is 32.7 Å². The van der Waals surface area contributed by atoms with Crippen molar-refractivity contribution < 1.29 is 4.79 Å². The Bertz CT molecular complexity index is 1100. The zero-order valence-corrected chi connectivity index (χ0v) is 17.7. The van der Waals surface area contributed by atoms with E-state index in [9.17, 15) is 4.79 Å². The molecule has 4 aromatic carbocycles. The summed E-state index contributed by atoms with van der Waals surface area (Å²) in [5, 5.41) is 0. The first-order valence-corrected chi connectivity index (χ1v) is 10.3. The molecule has 0 heterocycles. The first-order chi connectivity index (χ1) is 14.7. The average Bonchev–Trinajstić information content (AvgIpc) is 2.81. The van der Waals surface area contributed by atoms with Gasteiger partial charge in [0.25, 0.3) is 5.91 Å². The summed E-state index contributed by atoms with van der Waals surface area (Å²) in [6, 6.07) is 34.6. The van der Waals surface area contributed by atoms with Gasteiger partial charge in [-0.2, -0.15) is 0 Å². The Morgan fingerprint density at radius 3 is 1.77 bits per heavy atom. The minimum Gasteiger partial charge on any atom is -0.277 e. The lowest BCUT2D eigenvalue weighted by Gasteiger charge is -2.23. The zero-order chi connectivity index (χ0) is 20.8. The van der Waals surface area contributed by atoms with E-state index >= 15 is 0 Å². The number of hydrogen-bond acceptors (Lipinski definition) is 2. The van der Waals surface area contributed by atoms with E-state index < -0.39 is 0 Å². The Balaban J connectivity index is 1.59. The second kappa shape index (κ2) is 9.33. The van der Waals surface area contributed by atoms with Crippen LogP contribution in [-0.4, -0.2) is 12.1 Å². The van der Waals surface area contributed by atoms with Gasteiger partial charge in [-0.3, -0.25) is 14.7 Å². The summed E-state index contributed by atoms with van der Waals surface area (Å²) in [7, 11) is 0. The molecule has 0 radical (unpaired) electrons. The number of nitrogens with zero attached hydrogens (tertiary/aromatic N) is 2. The zero-order valence-electron chi connectivity index (χ0n) is 16.2.